The maximum Gasteiger partial charge on any atom is 0.265 e. The molecule has 28 heavy (non-hydrogen) atoms. The minimum absolute atomic E-state index is 0.0464. The van der Waals surface area contributed by atoms with E-state index in [-0.39, 0.29) is 30.9 Å². The minimum atomic E-state index is -0.978. The van der Waals surface area contributed by atoms with E-state index >= 15 is 0 Å². The van der Waals surface area contributed by atoms with Gasteiger partial charge in [0.05, 0.1) is 24.8 Å². The fourth-order valence-corrected chi connectivity index (χ4v) is 3.11. The van der Waals surface area contributed by atoms with Crippen molar-refractivity contribution in [3.63, 3.8) is 0 Å². The van der Waals surface area contributed by atoms with Gasteiger partial charge >= 0.3 is 0 Å². The molecule has 9 nitrogen and oxygen atoms in total. The Balaban J connectivity index is 2.02. The summed E-state index contributed by atoms with van der Waals surface area (Å²) in [7, 11) is 3.32. The van der Waals surface area contributed by atoms with Crippen molar-refractivity contribution in [3.05, 3.63) is 23.0 Å². The van der Waals surface area contributed by atoms with E-state index in [9.17, 15) is 19.2 Å². The molecule has 0 aromatic heterocycles. The molecule has 9 heteroatoms. The Labute approximate surface area is 164 Å². The van der Waals surface area contributed by atoms with Crippen LogP contribution in [0.1, 0.15) is 25.7 Å². The van der Waals surface area contributed by atoms with E-state index in [1.54, 1.807) is 6.08 Å². The maximum atomic E-state index is 12.9. The number of ether oxygens (including phenoxy) is 2. The third-order valence-electron chi connectivity index (χ3n) is 4.60. The second kappa shape index (κ2) is 10.7. The molecule has 1 heterocycles. The van der Waals surface area contributed by atoms with Crippen LogP contribution in [0.4, 0.5) is 0 Å². The average Bonchev–Trinajstić information content (AvgIpc) is 2.96. The van der Waals surface area contributed by atoms with Crippen molar-refractivity contribution >= 4 is 24.0 Å². The topological polar surface area (TPSA) is 114 Å². The molecule has 2 N–H and O–H groups in total. The van der Waals surface area contributed by atoms with E-state index in [1.165, 1.54) is 7.05 Å². The van der Waals surface area contributed by atoms with Crippen molar-refractivity contribution in [2.24, 2.45) is 0 Å². The number of nitrogens with zero attached hydrogens (tertiary/aromatic N) is 1. The summed E-state index contributed by atoms with van der Waals surface area (Å²) in [6, 6.07) is -0.978. The van der Waals surface area contributed by atoms with Gasteiger partial charge in [-0.25, -0.2) is 0 Å². The molecule has 154 valence electrons. The number of imide groups is 1. The zero-order chi connectivity index (χ0) is 20.5. The van der Waals surface area contributed by atoms with Gasteiger partial charge in [-0.1, -0.05) is 0 Å². The van der Waals surface area contributed by atoms with Gasteiger partial charge in [0.2, 0.25) is 5.91 Å². The first-order valence-corrected chi connectivity index (χ1v) is 9.37. The average molecular weight is 393 g/mol. The lowest BCUT2D eigenvalue weighted by atomic mass is 9.98. The number of aldehydes is 1. The van der Waals surface area contributed by atoms with Crippen LogP contribution in [0, 0.1) is 0 Å². The van der Waals surface area contributed by atoms with E-state index < -0.39 is 17.9 Å². The molecule has 0 fully saturated rings. The summed E-state index contributed by atoms with van der Waals surface area (Å²) >= 11 is 0. The summed E-state index contributed by atoms with van der Waals surface area (Å²) in [5, 5.41) is 5.42. The molecule has 1 aliphatic carbocycles. The second-order valence-electron chi connectivity index (χ2n) is 6.42. The Morgan fingerprint density at radius 1 is 1.25 bits per heavy atom. The molecule has 1 unspecified atom stereocenters. The fraction of sp³-hybridized carbons (Fsp3) is 0.579. The molecule has 0 bridgehead atoms. The van der Waals surface area contributed by atoms with Gasteiger partial charge in [0.25, 0.3) is 11.8 Å². The van der Waals surface area contributed by atoms with Gasteiger partial charge in [-0.3, -0.25) is 19.3 Å². The molecule has 0 saturated carbocycles. The Bertz CT molecular complexity index is 685. The molecule has 2 rings (SSSR count). The van der Waals surface area contributed by atoms with Crippen molar-refractivity contribution < 1.29 is 28.7 Å². The van der Waals surface area contributed by atoms with Crippen LogP contribution in [0.3, 0.4) is 0 Å². The zero-order valence-corrected chi connectivity index (χ0v) is 16.3. The summed E-state index contributed by atoms with van der Waals surface area (Å²) in [5.74, 6) is -0.925. The third-order valence-corrected chi connectivity index (χ3v) is 4.60. The van der Waals surface area contributed by atoms with Gasteiger partial charge in [-0.2, -0.15) is 0 Å². The van der Waals surface area contributed by atoms with Crippen LogP contribution in [0.5, 0.6) is 0 Å². The number of amides is 3. The lowest BCUT2D eigenvalue weighted by molar-refractivity contribution is -0.143. The van der Waals surface area contributed by atoms with Crippen LogP contribution in [-0.4, -0.2) is 75.4 Å². The maximum absolute atomic E-state index is 12.9. The number of allylic oxidation sites excluding steroid dienone is 1. The molecule has 1 aliphatic heterocycles. The standard InChI is InChI=1S/C19H27N3O6/c1-20-8-9-27-10-11-28-15-5-3-4-14-17(15)19(26)22(18(14)25)13(12-23)6-7-16(24)21-2/h5,12-13,20H,3-4,6-11H2,1-2H3,(H,21,24). The first-order valence-electron chi connectivity index (χ1n) is 9.37. The van der Waals surface area contributed by atoms with Crippen molar-refractivity contribution in [3.8, 4) is 0 Å². The lowest BCUT2D eigenvalue weighted by Crippen LogP contribution is -2.43. The van der Waals surface area contributed by atoms with Crippen LogP contribution in [0.2, 0.25) is 0 Å². The third kappa shape index (κ3) is 5.05. The molecule has 0 aromatic carbocycles. The molecule has 0 saturated heterocycles. The minimum Gasteiger partial charge on any atom is -0.491 e. The number of carbonyl (C=O) groups excluding carboxylic acids is 4. The molecular formula is C19H27N3O6. The molecule has 0 radical (unpaired) electrons. The second-order valence-corrected chi connectivity index (χ2v) is 6.42. The predicted molar refractivity (Wildman–Crippen MR) is 100 cm³/mol. The van der Waals surface area contributed by atoms with Gasteiger partial charge in [0, 0.05) is 25.6 Å². The Morgan fingerprint density at radius 3 is 2.71 bits per heavy atom. The van der Waals surface area contributed by atoms with Crippen LogP contribution in [0.25, 0.3) is 0 Å². The van der Waals surface area contributed by atoms with Crippen molar-refractivity contribution in [2.75, 3.05) is 40.5 Å². The molecule has 0 aromatic rings. The molecule has 3 amide bonds. The largest absolute Gasteiger partial charge is 0.491 e. The van der Waals surface area contributed by atoms with Crippen molar-refractivity contribution in [2.45, 2.75) is 31.7 Å². The lowest BCUT2D eigenvalue weighted by Gasteiger charge is -2.22. The monoisotopic (exact) mass is 393 g/mol. The van der Waals surface area contributed by atoms with Crippen molar-refractivity contribution in [1.29, 1.82) is 0 Å². The van der Waals surface area contributed by atoms with Crippen molar-refractivity contribution in [1.82, 2.24) is 15.5 Å². The number of likely N-dealkylation sites (N-methyl/N-ethyl adjacent to an activating group) is 1. The fourth-order valence-electron chi connectivity index (χ4n) is 3.11. The SMILES string of the molecule is CNCCOCCOC1=CCCC2=C1C(=O)N(C(C=O)CCC(=O)NC)C2=O. The molecular weight excluding hydrogens is 366 g/mol. The van der Waals surface area contributed by atoms with E-state index in [2.05, 4.69) is 10.6 Å². The van der Waals surface area contributed by atoms with E-state index in [4.69, 9.17) is 9.47 Å². The van der Waals surface area contributed by atoms with E-state index in [0.29, 0.717) is 43.7 Å². The molecule has 2 aliphatic rings. The van der Waals surface area contributed by atoms with Gasteiger partial charge in [0.1, 0.15) is 18.7 Å². The quantitative estimate of drug-likeness (QED) is 0.265. The number of hydrogen-bond donors (Lipinski definition) is 2. The number of rotatable bonds is 12. The number of nitrogens with one attached hydrogen (secondary N) is 2. The molecule has 0 spiro atoms. The highest BCUT2D eigenvalue weighted by molar-refractivity contribution is 6.22. The highest BCUT2D eigenvalue weighted by Crippen LogP contribution is 2.35. The summed E-state index contributed by atoms with van der Waals surface area (Å²) in [4.78, 5) is 49.5. The van der Waals surface area contributed by atoms with Gasteiger partial charge < -0.3 is 24.9 Å². The smallest absolute Gasteiger partial charge is 0.265 e. The number of hydrogen-bond acceptors (Lipinski definition) is 7. The highest BCUT2D eigenvalue weighted by Gasteiger charge is 2.44. The summed E-state index contributed by atoms with van der Waals surface area (Å²) < 4.78 is 11.1. The Hall–Kier alpha value is -2.52. The van der Waals surface area contributed by atoms with Crippen LogP contribution >= 0.6 is 0 Å². The normalized spacial score (nSPS) is 17.4. The first kappa shape index (κ1) is 21.8. The summed E-state index contributed by atoms with van der Waals surface area (Å²) in [6.45, 7) is 1.88. The van der Waals surface area contributed by atoms with E-state index in [1.807, 2.05) is 7.05 Å². The van der Waals surface area contributed by atoms with Crippen LogP contribution in [-0.2, 0) is 28.7 Å². The summed E-state index contributed by atoms with van der Waals surface area (Å²) in [6.07, 6.45) is 3.44. The Kier molecular flexibility index (Phi) is 8.34. The van der Waals surface area contributed by atoms with Crippen LogP contribution in [0.15, 0.2) is 23.0 Å². The van der Waals surface area contributed by atoms with Gasteiger partial charge in [0.15, 0.2) is 0 Å². The predicted octanol–water partition coefficient (Wildman–Crippen LogP) is -0.324. The zero-order valence-electron chi connectivity index (χ0n) is 16.3. The molecule has 1 atom stereocenters. The van der Waals surface area contributed by atoms with Crippen LogP contribution < -0.4 is 10.6 Å². The van der Waals surface area contributed by atoms with Gasteiger partial charge in [-0.05, 0) is 32.4 Å². The number of carbonyl (C=O) groups is 4. The van der Waals surface area contributed by atoms with E-state index in [0.717, 1.165) is 11.4 Å². The highest BCUT2D eigenvalue weighted by atomic mass is 16.5. The Morgan fingerprint density at radius 2 is 2.04 bits per heavy atom. The summed E-state index contributed by atoms with van der Waals surface area (Å²) in [5.41, 5.74) is 0.587. The first-order chi connectivity index (χ1) is 13.5. The van der Waals surface area contributed by atoms with Gasteiger partial charge in [-0.15, -0.1) is 0 Å².